The summed E-state index contributed by atoms with van der Waals surface area (Å²) in [6.45, 7) is 0.951. The minimum Gasteiger partial charge on any atom is -0.497 e. The molecule has 1 atom stereocenters. The smallest absolute Gasteiger partial charge is 0.252 e. The lowest BCUT2D eigenvalue weighted by atomic mass is 10.1. The molecule has 0 radical (unpaired) electrons. The maximum absolute atomic E-state index is 12.8. The highest BCUT2D eigenvalue weighted by Crippen LogP contribution is 2.30. The molecule has 0 saturated carbocycles. The van der Waals surface area contributed by atoms with Gasteiger partial charge in [-0.1, -0.05) is 11.6 Å². The second-order valence-electron chi connectivity index (χ2n) is 6.55. The number of carbonyl (C=O) groups is 1. The number of ether oxygens (including phenoxy) is 2. The molecular formula is C19H20ClN5O3. The normalized spacial score (nSPS) is 16.9. The number of rotatable bonds is 5. The second-order valence-corrected chi connectivity index (χ2v) is 6.94. The Hall–Kier alpha value is -2.71. The molecular weight excluding hydrogens is 382 g/mol. The summed E-state index contributed by atoms with van der Waals surface area (Å²) < 4.78 is 13.1. The van der Waals surface area contributed by atoms with Gasteiger partial charge in [0.15, 0.2) is 11.4 Å². The number of amides is 1. The van der Waals surface area contributed by atoms with Crippen LogP contribution in [0.5, 0.6) is 5.75 Å². The molecule has 3 aromatic rings. The second kappa shape index (κ2) is 8.12. The van der Waals surface area contributed by atoms with Crippen LogP contribution in [0.4, 0.5) is 0 Å². The number of fused-ring (bicyclic) bond motifs is 1. The maximum Gasteiger partial charge on any atom is 0.252 e. The summed E-state index contributed by atoms with van der Waals surface area (Å²) in [7, 11) is 1.57. The lowest BCUT2D eigenvalue weighted by Gasteiger charge is -2.23. The van der Waals surface area contributed by atoms with E-state index < -0.39 is 0 Å². The summed E-state index contributed by atoms with van der Waals surface area (Å²) >= 11 is 5.74. The molecule has 1 saturated heterocycles. The Balaban J connectivity index is 1.62. The van der Waals surface area contributed by atoms with E-state index >= 15 is 0 Å². The van der Waals surface area contributed by atoms with Gasteiger partial charge in [-0.05, 0) is 37.5 Å². The molecule has 1 amide bonds. The third kappa shape index (κ3) is 3.79. The van der Waals surface area contributed by atoms with E-state index in [1.165, 1.54) is 0 Å². The predicted octanol–water partition coefficient (Wildman–Crippen LogP) is 3.12. The molecule has 1 aliphatic rings. The fraction of sp³-hybridized carbons (Fsp3) is 0.368. The van der Waals surface area contributed by atoms with Crippen molar-refractivity contribution in [2.24, 2.45) is 0 Å². The van der Waals surface area contributed by atoms with Gasteiger partial charge < -0.3 is 14.8 Å². The molecule has 0 spiro atoms. The zero-order valence-corrected chi connectivity index (χ0v) is 16.1. The molecule has 1 unspecified atom stereocenters. The zero-order chi connectivity index (χ0) is 19.5. The first-order chi connectivity index (χ1) is 13.7. The van der Waals surface area contributed by atoms with Crippen molar-refractivity contribution in [1.29, 1.82) is 0 Å². The average molecular weight is 402 g/mol. The molecule has 2 aromatic heterocycles. The quantitative estimate of drug-likeness (QED) is 0.706. The lowest BCUT2D eigenvalue weighted by molar-refractivity contribution is -0.0366. The van der Waals surface area contributed by atoms with Crippen LogP contribution in [0.1, 0.15) is 41.5 Å². The molecule has 0 bridgehead atoms. The van der Waals surface area contributed by atoms with Gasteiger partial charge in [-0.2, -0.15) is 10.2 Å². The molecule has 9 heteroatoms. The van der Waals surface area contributed by atoms with Crippen molar-refractivity contribution in [3.8, 4) is 5.75 Å². The van der Waals surface area contributed by atoms with Crippen LogP contribution in [-0.2, 0) is 11.3 Å². The summed E-state index contributed by atoms with van der Waals surface area (Å²) in [4.78, 5) is 12.8. The fourth-order valence-electron chi connectivity index (χ4n) is 3.28. The van der Waals surface area contributed by atoms with E-state index in [0.29, 0.717) is 28.8 Å². The number of carbonyl (C=O) groups excluding carboxylic acids is 1. The van der Waals surface area contributed by atoms with Gasteiger partial charge in [-0.25, -0.2) is 4.68 Å². The van der Waals surface area contributed by atoms with Crippen molar-refractivity contribution in [3.63, 3.8) is 0 Å². The number of benzene rings is 1. The number of aromatic nitrogens is 4. The Kier molecular flexibility index (Phi) is 5.40. The highest BCUT2D eigenvalue weighted by molar-refractivity contribution is 6.29. The monoisotopic (exact) mass is 401 g/mol. The molecule has 146 valence electrons. The zero-order valence-electron chi connectivity index (χ0n) is 15.4. The Bertz CT molecular complexity index is 983. The van der Waals surface area contributed by atoms with Gasteiger partial charge in [0.2, 0.25) is 0 Å². The highest BCUT2D eigenvalue weighted by atomic mass is 35.5. The van der Waals surface area contributed by atoms with Crippen LogP contribution in [0.25, 0.3) is 10.9 Å². The molecule has 1 fully saturated rings. The topological polar surface area (TPSA) is 91.2 Å². The van der Waals surface area contributed by atoms with E-state index in [2.05, 4.69) is 20.6 Å². The molecule has 8 nitrogen and oxygen atoms in total. The molecule has 4 rings (SSSR count). The van der Waals surface area contributed by atoms with Gasteiger partial charge in [-0.3, -0.25) is 4.79 Å². The van der Waals surface area contributed by atoms with Gasteiger partial charge in [0, 0.05) is 18.1 Å². The van der Waals surface area contributed by atoms with E-state index in [1.807, 2.05) is 10.7 Å². The van der Waals surface area contributed by atoms with Gasteiger partial charge >= 0.3 is 0 Å². The molecule has 28 heavy (non-hydrogen) atoms. The minimum atomic E-state index is -0.246. The first kappa shape index (κ1) is 18.6. The third-order valence-electron chi connectivity index (χ3n) is 4.72. The number of methoxy groups -OCH3 is 1. The van der Waals surface area contributed by atoms with Crippen LogP contribution in [-0.4, -0.2) is 39.6 Å². The third-order valence-corrected chi connectivity index (χ3v) is 4.92. The van der Waals surface area contributed by atoms with E-state index in [0.717, 1.165) is 30.2 Å². The average Bonchev–Trinajstić information content (AvgIpc) is 3.17. The van der Waals surface area contributed by atoms with Crippen molar-refractivity contribution in [2.45, 2.75) is 32.0 Å². The number of nitrogens with zero attached hydrogens (tertiary/aromatic N) is 4. The SMILES string of the molecule is COc1cc(C(=O)NCc2ccc(Cl)nn2)c2cnn(C3CCCCO3)c2c1. The van der Waals surface area contributed by atoms with Crippen molar-refractivity contribution in [3.05, 3.63) is 46.9 Å². The standard InChI is InChI=1S/C19H20ClN5O3/c1-27-13-8-14(19(26)21-10-12-5-6-17(20)24-23-12)15-11-22-25(16(15)9-13)18-4-2-3-7-28-18/h5-6,8-9,11,18H,2-4,7,10H2,1H3,(H,21,26). The maximum atomic E-state index is 12.8. The van der Waals surface area contributed by atoms with E-state index in [9.17, 15) is 4.79 Å². The number of halogens is 1. The van der Waals surface area contributed by atoms with Crippen molar-refractivity contribution in [2.75, 3.05) is 13.7 Å². The summed E-state index contributed by atoms with van der Waals surface area (Å²) in [6.07, 6.45) is 4.61. The molecule has 3 heterocycles. The van der Waals surface area contributed by atoms with Crippen molar-refractivity contribution >= 4 is 28.4 Å². The van der Waals surface area contributed by atoms with Gasteiger partial charge in [0.05, 0.1) is 36.6 Å². The fourth-order valence-corrected chi connectivity index (χ4v) is 3.38. The van der Waals surface area contributed by atoms with Crippen LogP contribution in [0.15, 0.2) is 30.5 Å². The van der Waals surface area contributed by atoms with E-state index in [1.54, 1.807) is 31.5 Å². The molecule has 1 N–H and O–H groups in total. The van der Waals surface area contributed by atoms with E-state index in [-0.39, 0.29) is 18.7 Å². The Morgan fingerprint density at radius 3 is 2.96 bits per heavy atom. The summed E-state index contributed by atoms with van der Waals surface area (Å²) in [5, 5.41) is 16.1. The van der Waals surface area contributed by atoms with Crippen LogP contribution >= 0.6 is 11.6 Å². The van der Waals surface area contributed by atoms with Gasteiger partial charge in [0.1, 0.15) is 5.75 Å². The molecule has 1 aromatic carbocycles. The first-order valence-electron chi connectivity index (χ1n) is 9.09. The molecule has 0 aliphatic carbocycles. The predicted molar refractivity (Wildman–Crippen MR) is 103 cm³/mol. The van der Waals surface area contributed by atoms with Crippen molar-refractivity contribution < 1.29 is 14.3 Å². The van der Waals surface area contributed by atoms with Gasteiger partial charge in [0.25, 0.3) is 5.91 Å². The Labute approximate surface area is 166 Å². The Morgan fingerprint density at radius 2 is 2.25 bits per heavy atom. The minimum absolute atomic E-state index is 0.126. The molecule has 1 aliphatic heterocycles. The van der Waals surface area contributed by atoms with Crippen LogP contribution < -0.4 is 10.1 Å². The summed E-state index contributed by atoms with van der Waals surface area (Å²) in [5.74, 6) is 0.339. The number of nitrogens with one attached hydrogen (secondary N) is 1. The van der Waals surface area contributed by atoms with Crippen LogP contribution in [0.2, 0.25) is 5.15 Å². The largest absolute Gasteiger partial charge is 0.497 e. The summed E-state index contributed by atoms with van der Waals surface area (Å²) in [5.41, 5.74) is 1.91. The highest BCUT2D eigenvalue weighted by Gasteiger charge is 2.22. The number of hydrogen-bond donors (Lipinski definition) is 1. The number of hydrogen-bond acceptors (Lipinski definition) is 6. The first-order valence-corrected chi connectivity index (χ1v) is 9.46. The van der Waals surface area contributed by atoms with Crippen LogP contribution in [0.3, 0.4) is 0 Å². The Morgan fingerprint density at radius 1 is 1.36 bits per heavy atom. The van der Waals surface area contributed by atoms with Gasteiger partial charge in [-0.15, -0.1) is 5.10 Å². The summed E-state index contributed by atoms with van der Waals surface area (Å²) in [6, 6.07) is 6.93. The lowest BCUT2D eigenvalue weighted by Crippen LogP contribution is -2.24. The van der Waals surface area contributed by atoms with E-state index in [4.69, 9.17) is 21.1 Å². The van der Waals surface area contributed by atoms with Crippen LogP contribution in [0, 0.1) is 0 Å². The van der Waals surface area contributed by atoms with Crippen molar-refractivity contribution in [1.82, 2.24) is 25.3 Å².